The Morgan fingerprint density at radius 2 is 1.92 bits per heavy atom. The molecule has 5 N–H and O–H groups in total. The zero-order chi connectivity index (χ0) is 25.8. The Bertz CT molecular complexity index is 1160. The average molecular weight is 508 g/mol. The molecule has 0 bridgehead atoms. The Hall–Kier alpha value is -3.57. The number of amides is 2. The molecule has 1 spiro atoms. The van der Waals surface area contributed by atoms with E-state index in [9.17, 15) is 14.7 Å². The topological polar surface area (TPSA) is 152 Å². The van der Waals surface area contributed by atoms with E-state index in [1.54, 1.807) is 6.07 Å². The SMILES string of the molecule is O=C(/C=N\O)NC1CC2(C1)CC(Nc1cc(C(=O)NC[C@H](O)CN3CCc4ccccc4C3)ncn1)C2. The van der Waals surface area contributed by atoms with Gasteiger partial charge in [0.15, 0.2) is 0 Å². The number of anilines is 1. The smallest absolute Gasteiger partial charge is 0.270 e. The first-order valence-corrected chi connectivity index (χ1v) is 12.7. The number of carbonyl (C=O) groups is 2. The van der Waals surface area contributed by atoms with Crippen molar-refractivity contribution in [3.63, 3.8) is 0 Å². The van der Waals surface area contributed by atoms with Crippen LogP contribution in [0.15, 0.2) is 41.8 Å². The summed E-state index contributed by atoms with van der Waals surface area (Å²) >= 11 is 0. The number of carbonyl (C=O) groups excluding carboxylic acids is 2. The minimum atomic E-state index is -0.674. The maximum absolute atomic E-state index is 12.6. The fraction of sp³-hybridized carbons (Fsp3) is 0.500. The second-order valence-corrected chi connectivity index (χ2v) is 10.5. The number of rotatable bonds is 9. The quantitative estimate of drug-likeness (QED) is 0.191. The summed E-state index contributed by atoms with van der Waals surface area (Å²) < 4.78 is 0. The molecular weight excluding hydrogens is 474 g/mol. The van der Waals surface area contributed by atoms with Crippen LogP contribution in [0.1, 0.15) is 47.3 Å². The first-order chi connectivity index (χ1) is 17.9. The van der Waals surface area contributed by atoms with Crippen LogP contribution in [0.2, 0.25) is 0 Å². The van der Waals surface area contributed by atoms with Crippen molar-refractivity contribution in [2.75, 3.05) is 25.0 Å². The van der Waals surface area contributed by atoms with Gasteiger partial charge in [-0.25, -0.2) is 9.97 Å². The number of aliphatic hydroxyl groups is 1. The minimum absolute atomic E-state index is 0.113. The van der Waals surface area contributed by atoms with Crippen molar-refractivity contribution in [2.45, 2.75) is 56.8 Å². The zero-order valence-corrected chi connectivity index (χ0v) is 20.6. The van der Waals surface area contributed by atoms with Gasteiger partial charge in [0.1, 0.15) is 24.1 Å². The monoisotopic (exact) mass is 507 g/mol. The van der Waals surface area contributed by atoms with Crippen molar-refractivity contribution in [3.8, 4) is 0 Å². The van der Waals surface area contributed by atoms with Crippen LogP contribution in [0, 0.1) is 5.41 Å². The summed E-state index contributed by atoms with van der Waals surface area (Å²) in [6.45, 7) is 2.34. The molecular formula is C26H33N7O4. The lowest BCUT2D eigenvalue weighted by molar-refractivity contribution is -0.117. The van der Waals surface area contributed by atoms with Crippen LogP contribution in [0.3, 0.4) is 0 Å². The van der Waals surface area contributed by atoms with Gasteiger partial charge in [-0.05, 0) is 48.6 Å². The van der Waals surface area contributed by atoms with E-state index < -0.39 is 6.10 Å². The van der Waals surface area contributed by atoms with Crippen LogP contribution in [0.25, 0.3) is 0 Å². The second kappa shape index (κ2) is 10.8. The lowest BCUT2D eigenvalue weighted by Crippen LogP contribution is -2.59. The molecule has 0 radical (unpaired) electrons. The number of β-amino-alcohol motifs (C(OH)–C–C–N with tert-alkyl or cyclic N) is 1. The standard InChI is InChI=1S/C26H33N7O4/c34-21(15-33-6-5-17-3-1-2-4-18(17)14-33)12-27-25(36)22-7-23(29-16-28-22)31-19-8-26(9-19)10-20(11-26)32-24(35)13-30-37/h1-4,7,13,16,19-21,34,37H,5-6,8-12,14-15H2,(H,27,36)(H,32,35)(H,28,29,31)/b30-13-/t19?,20?,21-,26?/m0/s1. The lowest BCUT2D eigenvalue weighted by Gasteiger charge is -2.57. The highest BCUT2D eigenvalue weighted by molar-refractivity contribution is 6.26. The number of aromatic nitrogens is 2. The van der Waals surface area contributed by atoms with Gasteiger partial charge in [-0.3, -0.25) is 14.5 Å². The number of hydrogen-bond acceptors (Lipinski definition) is 9. The van der Waals surface area contributed by atoms with E-state index in [0.29, 0.717) is 12.4 Å². The summed E-state index contributed by atoms with van der Waals surface area (Å²) in [7, 11) is 0. The number of hydrogen-bond donors (Lipinski definition) is 5. The predicted molar refractivity (Wildman–Crippen MR) is 136 cm³/mol. The molecule has 1 atom stereocenters. The van der Waals surface area contributed by atoms with E-state index in [1.165, 1.54) is 17.5 Å². The molecule has 196 valence electrons. The molecule has 2 fully saturated rings. The molecule has 3 aliphatic rings. The third-order valence-corrected chi connectivity index (χ3v) is 7.67. The lowest BCUT2D eigenvalue weighted by atomic mass is 9.52. The predicted octanol–water partition coefficient (Wildman–Crippen LogP) is 0.925. The largest absolute Gasteiger partial charge is 0.411 e. The highest BCUT2D eigenvalue weighted by atomic mass is 16.4. The van der Waals surface area contributed by atoms with Gasteiger partial charge in [-0.1, -0.05) is 29.4 Å². The van der Waals surface area contributed by atoms with Crippen LogP contribution < -0.4 is 16.0 Å². The van der Waals surface area contributed by atoms with E-state index in [1.807, 2.05) is 6.07 Å². The van der Waals surface area contributed by atoms with Crippen LogP contribution in [-0.2, 0) is 17.8 Å². The molecule has 2 aliphatic carbocycles. The van der Waals surface area contributed by atoms with Crippen LogP contribution in [-0.4, -0.2) is 81.0 Å². The summed E-state index contributed by atoms with van der Waals surface area (Å²) in [5, 5.41) is 30.6. The first kappa shape index (κ1) is 25.1. The summed E-state index contributed by atoms with van der Waals surface area (Å²) in [5.41, 5.74) is 3.14. The van der Waals surface area contributed by atoms with Crippen LogP contribution >= 0.6 is 0 Å². The minimum Gasteiger partial charge on any atom is -0.411 e. The molecule has 5 rings (SSSR count). The highest BCUT2D eigenvalue weighted by Gasteiger charge is 2.53. The second-order valence-electron chi connectivity index (χ2n) is 10.5. The Balaban J connectivity index is 1.03. The molecule has 11 heteroatoms. The Labute approximate surface area is 215 Å². The third-order valence-electron chi connectivity index (χ3n) is 7.67. The van der Waals surface area contributed by atoms with E-state index >= 15 is 0 Å². The molecule has 11 nitrogen and oxygen atoms in total. The van der Waals surface area contributed by atoms with Crippen LogP contribution in [0.4, 0.5) is 5.82 Å². The van der Waals surface area contributed by atoms with E-state index in [2.05, 4.69) is 54.2 Å². The van der Waals surface area contributed by atoms with Crippen molar-refractivity contribution in [3.05, 3.63) is 53.5 Å². The van der Waals surface area contributed by atoms with Gasteiger partial charge in [0.05, 0.1) is 6.10 Å². The fourth-order valence-electron chi connectivity index (χ4n) is 5.94. The number of oxime groups is 1. The van der Waals surface area contributed by atoms with E-state index in [0.717, 1.165) is 51.4 Å². The summed E-state index contributed by atoms with van der Waals surface area (Å²) in [6.07, 6.45) is 6.26. The maximum atomic E-state index is 12.6. The zero-order valence-electron chi connectivity index (χ0n) is 20.6. The molecule has 1 aromatic carbocycles. The molecule has 1 aliphatic heterocycles. The van der Waals surface area contributed by atoms with Crippen molar-refractivity contribution in [1.29, 1.82) is 0 Å². The van der Waals surface area contributed by atoms with Crippen molar-refractivity contribution >= 4 is 23.8 Å². The normalized spacial score (nSPS) is 25.5. The molecule has 0 saturated heterocycles. The van der Waals surface area contributed by atoms with Gasteiger partial charge in [0.2, 0.25) is 0 Å². The number of nitrogens with zero attached hydrogens (tertiary/aromatic N) is 4. The van der Waals surface area contributed by atoms with Gasteiger partial charge < -0.3 is 26.3 Å². The summed E-state index contributed by atoms with van der Waals surface area (Å²) in [4.78, 5) is 34.7. The molecule has 2 saturated carbocycles. The number of nitrogens with one attached hydrogen (secondary N) is 3. The van der Waals surface area contributed by atoms with Gasteiger partial charge in [-0.2, -0.15) is 0 Å². The maximum Gasteiger partial charge on any atom is 0.270 e. The van der Waals surface area contributed by atoms with Crippen molar-refractivity contribution in [2.24, 2.45) is 10.6 Å². The Kier molecular flexibility index (Phi) is 7.33. The third kappa shape index (κ3) is 6.05. The van der Waals surface area contributed by atoms with Gasteiger partial charge in [-0.15, -0.1) is 0 Å². The molecule has 2 amide bonds. The molecule has 37 heavy (non-hydrogen) atoms. The highest BCUT2D eigenvalue weighted by Crippen LogP contribution is 2.56. The number of benzene rings is 1. The van der Waals surface area contributed by atoms with Crippen molar-refractivity contribution in [1.82, 2.24) is 25.5 Å². The Morgan fingerprint density at radius 1 is 1.16 bits per heavy atom. The van der Waals surface area contributed by atoms with Gasteiger partial charge in [0.25, 0.3) is 11.8 Å². The summed E-state index contributed by atoms with van der Waals surface area (Å²) in [6, 6.07) is 10.4. The van der Waals surface area contributed by atoms with Gasteiger partial charge in [0, 0.05) is 44.3 Å². The number of fused-ring (bicyclic) bond motifs is 1. The van der Waals surface area contributed by atoms with Crippen LogP contribution in [0.5, 0.6) is 0 Å². The molecule has 2 aromatic rings. The van der Waals surface area contributed by atoms with Crippen molar-refractivity contribution < 1.29 is 19.9 Å². The van der Waals surface area contributed by atoms with E-state index in [4.69, 9.17) is 5.21 Å². The van der Waals surface area contributed by atoms with E-state index in [-0.39, 0.29) is 41.6 Å². The Morgan fingerprint density at radius 3 is 2.70 bits per heavy atom. The number of aliphatic hydroxyl groups excluding tert-OH is 1. The molecule has 2 heterocycles. The fourth-order valence-corrected chi connectivity index (χ4v) is 5.94. The molecule has 0 unspecified atom stereocenters. The first-order valence-electron chi connectivity index (χ1n) is 12.7. The molecule has 1 aromatic heterocycles. The van der Waals surface area contributed by atoms with Gasteiger partial charge >= 0.3 is 0 Å². The average Bonchev–Trinajstić information content (AvgIpc) is 2.85. The summed E-state index contributed by atoms with van der Waals surface area (Å²) in [5.74, 6) is -0.133.